The van der Waals surface area contributed by atoms with Gasteiger partial charge in [0.1, 0.15) is 11.5 Å². The Morgan fingerprint density at radius 2 is 2.22 bits per heavy atom. The number of ether oxygens (including phenoxy) is 3. The lowest BCUT2D eigenvalue weighted by atomic mass is 9.92. The zero-order valence-corrected chi connectivity index (χ0v) is 10.4. The van der Waals surface area contributed by atoms with Gasteiger partial charge in [0.15, 0.2) is 0 Å². The van der Waals surface area contributed by atoms with E-state index in [2.05, 4.69) is 0 Å². The van der Waals surface area contributed by atoms with Crippen molar-refractivity contribution >= 4 is 5.97 Å². The first-order valence-corrected chi connectivity index (χ1v) is 6.36. The molecule has 18 heavy (non-hydrogen) atoms. The highest BCUT2D eigenvalue weighted by Crippen LogP contribution is 2.44. The zero-order valence-electron chi connectivity index (χ0n) is 10.4. The number of carbonyl (C=O) groups excluding carboxylic acids is 1. The second kappa shape index (κ2) is 4.52. The van der Waals surface area contributed by atoms with E-state index < -0.39 is 0 Å². The Hall–Kier alpha value is -1.71. The lowest BCUT2D eigenvalue weighted by Crippen LogP contribution is -2.12. The minimum atomic E-state index is -0.157. The highest BCUT2D eigenvalue weighted by Gasteiger charge is 2.32. The van der Waals surface area contributed by atoms with E-state index in [1.54, 1.807) is 0 Å². The van der Waals surface area contributed by atoms with Crippen LogP contribution in [0.4, 0.5) is 0 Å². The number of benzene rings is 1. The van der Waals surface area contributed by atoms with Crippen LogP contribution < -0.4 is 9.47 Å². The van der Waals surface area contributed by atoms with E-state index in [-0.39, 0.29) is 11.9 Å². The molecule has 0 saturated carbocycles. The maximum atomic E-state index is 11.6. The third kappa shape index (κ3) is 1.82. The Labute approximate surface area is 106 Å². The van der Waals surface area contributed by atoms with Crippen LogP contribution in [0.1, 0.15) is 30.4 Å². The topological polar surface area (TPSA) is 44.8 Å². The lowest BCUT2D eigenvalue weighted by Gasteiger charge is -2.10. The molecule has 0 aromatic heterocycles. The summed E-state index contributed by atoms with van der Waals surface area (Å²) in [6.07, 6.45) is 1.29. The van der Waals surface area contributed by atoms with Crippen LogP contribution in [0, 0.1) is 0 Å². The Bertz CT molecular complexity index is 481. The zero-order chi connectivity index (χ0) is 12.5. The molecule has 0 saturated heterocycles. The third-order valence-corrected chi connectivity index (χ3v) is 3.45. The van der Waals surface area contributed by atoms with Gasteiger partial charge in [-0.2, -0.15) is 0 Å². The Morgan fingerprint density at radius 1 is 1.39 bits per heavy atom. The summed E-state index contributed by atoms with van der Waals surface area (Å²) in [5.41, 5.74) is 2.36. The van der Waals surface area contributed by atoms with E-state index in [1.165, 1.54) is 5.56 Å². The summed E-state index contributed by atoms with van der Waals surface area (Å²) in [5, 5.41) is 0. The lowest BCUT2D eigenvalue weighted by molar-refractivity contribution is -0.143. The van der Waals surface area contributed by atoms with Crippen molar-refractivity contribution in [2.24, 2.45) is 0 Å². The third-order valence-electron chi connectivity index (χ3n) is 3.45. The quantitative estimate of drug-likeness (QED) is 0.768. The van der Waals surface area contributed by atoms with E-state index >= 15 is 0 Å². The Balaban J connectivity index is 1.87. The molecule has 1 unspecified atom stereocenters. The SMILES string of the molecule is CCOC(=O)CC1COc2ccc3c(c21)CCO3. The predicted molar refractivity (Wildman–Crippen MR) is 65.1 cm³/mol. The van der Waals surface area contributed by atoms with Crippen LogP contribution in [0.15, 0.2) is 12.1 Å². The monoisotopic (exact) mass is 248 g/mol. The van der Waals surface area contributed by atoms with Gasteiger partial charge >= 0.3 is 5.97 Å². The number of hydrogen-bond donors (Lipinski definition) is 0. The molecule has 0 bridgehead atoms. The normalized spacial score (nSPS) is 19.7. The smallest absolute Gasteiger partial charge is 0.306 e. The van der Waals surface area contributed by atoms with Crippen molar-refractivity contribution in [1.82, 2.24) is 0 Å². The van der Waals surface area contributed by atoms with Crippen LogP contribution in [-0.2, 0) is 16.0 Å². The molecule has 1 atom stereocenters. The summed E-state index contributed by atoms with van der Waals surface area (Å²) in [7, 11) is 0. The molecular formula is C14H16O4. The van der Waals surface area contributed by atoms with Crippen LogP contribution in [0.3, 0.4) is 0 Å². The summed E-state index contributed by atoms with van der Waals surface area (Å²) < 4.78 is 16.2. The van der Waals surface area contributed by atoms with Crippen molar-refractivity contribution in [2.75, 3.05) is 19.8 Å². The fourth-order valence-electron chi connectivity index (χ4n) is 2.71. The van der Waals surface area contributed by atoms with Gasteiger partial charge in [-0.25, -0.2) is 0 Å². The molecule has 2 aliphatic rings. The molecule has 0 amide bonds. The van der Waals surface area contributed by atoms with Crippen LogP contribution >= 0.6 is 0 Å². The maximum absolute atomic E-state index is 11.6. The van der Waals surface area contributed by atoms with Crippen LogP contribution in [0.25, 0.3) is 0 Å². The first kappa shape index (κ1) is 11.4. The average Bonchev–Trinajstić information content (AvgIpc) is 2.94. The van der Waals surface area contributed by atoms with Crippen molar-refractivity contribution in [3.05, 3.63) is 23.3 Å². The number of hydrogen-bond acceptors (Lipinski definition) is 4. The largest absolute Gasteiger partial charge is 0.493 e. The molecule has 1 aromatic carbocycles. The first-order chi connectivity index (χ1) is 8.79. The highest BCUT2D eigenvalue weighted by atomic mass is 16.5. The molecule has 96 valence electrons. The van der Waals surface area contributed by atoms with Gasteiger partial charge in [-0.05, 0) is 19.1 Å². The van der Waals surface area contributed by atoms with Crippen LogP contribution in [-0.4, -0.2) is 25.8 Å². The van der Waals surface area contributed by atoms with Crippen LogP contribution in [0.2, 0.25) is 0 Å². The molecule has 0 aliphatic carbocycles. The molecule has 0 N–H and O–H groups in total. The molecule has 2 aliphatic heterocycles. The minimum absolute atomic E-state index is 0.107. The molecule has 1 aromatic rings. The fraction of sp³-hybridized carbons (Fsp3) is 0.500. The molecule has 4 nitrogen and oxygen atoms in total. The summed E-state index contributed by atoms with van der Waals surface area (Å²) in [6.45, 7) is 3.53. The van der Waals surface area contributed by atoms with Gasteiger partial charge in [-0.3, -0.25) is 4.79 Å². The standard InChI is InChI=1S/C14H16O4/c1-2-16-13(15)7-9-8-18-12-4-3-11-10(14(9)12)5-6-17-11/h3-4,9H,2,5-8H2,1H3. The molecule has 0 fully saturated rings. The van der Waals surface area contributed by atoms with Crippen molar-refractivity contribution in [3.63, 3.8) is 0 Å². The van der Waals surface area contributed by atoms with Gasteiger partial charge in [0.2, 0.25) is 0 Å². The number of esters is 1. The maximum Gasteiger partial charge on any atom is 0.306 e. The molecular weight excluding hydrogens is 232 g/mol. The van der Waals surface area contributed by atoms with E-state index in [1.807, 2.05) is 19.1 Å². The number of fused-ring (bicyclic) bond motifs is 3. The Morgan fingerprint density at radius 3 is 3.06 bits per heavy atom. The first-order valence-electron chi connectivity index (χ1n) is 6.36. The fourth-order valence-corrected chi connectivity index (χ4v) is 2.71. The van der Waals surface area contributed by atoms with Crippen LogP contribution in [0.5, 0.6) is 11.5 Å². The summed E-state index contributed by atoms with van der Waals surface area (Å²) in [5.74, 6) is 1.79. The summed E-state index contributed by atoms with van der Waals surface area (Å²) in [4.78, 5) is 11.6. The molecule has 3 rings (SSSR count). The van der Waals surface area contributed by atoms with Gasteiger partial charge in [0.25, 0.3) is 0 Å². The van der Waals surface area contributed by atoms with Gasteiger partial charge in [-0.15, -0.1) is 0 Å². The highest BCUT2D eigenvalue weighted by molar-refractivity contribution is 5.71. The summed E-state index contributed by atoms with van der Waals surface area (Å²) >= 11 is 0. The van der Waals surface area contributed by atoms with Crippen molar-refractivity contribution in [3.8, 4) is 11.5 Å². The van der Waals surface area contributed by atoms with Crippen molar-refractivity contribution < 1.29 is 19.0 Å². The number of carbonyl (C=O) groups is 1. The molecule has 0 spiro atoms. The van der Waals surface area contributed by atoms with E-state index in [0.29, 0.717) is 19.6 Å². The van der Waals surface area contributed by atoms with Gasteiger partial charge in [0.05, 0.1) is 26.2 Å². The van der Waals surface area contributed by atoms with Gasteiger partial charge < -0.3 is 14.2 Å². The van der Waals surface area contributed by atoms with Gasteiger partial charge in [0, 0.05) is 23.5 Å². The van der Waals surface area contributed by atoms with E-state index in [0.717, 1.165) is 30.1 Å². The predicted octanol–water partition coefficient (Wildman–Crippen LogP) is 2.05. The van der Waals surface area contributed by atoms with Crippen molar-refractivity contribution in [1.29, 1.82) is 0 Å². The average molecular weight is 248 g/mol. The van der Waals surface area contributed by atoms with E-state index in [9.17, 15) is 4.79 Å². The number of rotatable bonds is 3. The molecule has 0 radical (unpaired) electrons. The molecule has 4 heteroatoms. The minimum Gasteiger partial charge on any atom is -0.493 e. The van der Waals surface area contributed by atoms with E-state index in [4.69, 9.17) is 14.2 Å². The summed E-state index contributed by atoms with van der Waals surface area (Å²) in [6, 6.07) is 3.89. The Kier molecular flexibility index (Phi) is 2.86. The van der Waals surface area contributed by atoms with Crippen molar-refractivity contribution in [2.45, 2.75) is 25.7 Å². The second-order valence-corrected chi connectivity index (χ2v) is 4.57. The molecule has 2 heterocycles. The van der Waals surface area contributed by atoms with Gasteiger partial charge in [-0.1, -0.05) is 0 Å². The second-order valence-electron chi connectivity index (χ2n) is 4.57.